The van der Waals surface area contributed by atoms with Gasteiger partial charge in [-0.1, -0.05) is 11.8 Å². The highest BCUT2D eigenvalue weighted by atomic mass is 32.2. The van der Waals surface area contributed by atoms with Crippen LogP contribution in [-0.4, -0.2) is 63.6 Å². The summed E-state index contributed by atoms with van der Waals surface area (Å²) in [5.41, 5.74) is 1.17. The van der Waals surface area contributed by atoms with Crippen molar-refractivity contribution in [3.63, 3.8) is 0 Å². The minimum atomic E-state index is -0.321. The summed E-state index contributed by atoms with van der Waals surface area (Å²) in [4.78, 5) is 34.2. The predicted octanol–water partition coefficient (Wildman–Crippen LogP) is 3.60. The molecule has 2 aromatic rings. The molecule has 2 aliphatic rings. The molecule has 6 nitrogen and oxygen atoms in total. The van der Waals surface area contributed by atoms with Gasteiger partial charge in [0.1, 0.15) is 11.5 Å². The summed E-state index contributed by atoms with van der Waals surface area (Å²) in [5, 5.41) is 0.681. The largest absolute Gasteiger partial charge is 0.342 e. The molecule has 1 aromatic carbocycles. The number of amides is 2. The zero-order valence-corrected chi connectivity index (χ0v) is 18.0. The van der Waals surface area contributed by atoms with E-state index in [-0.39, 0.29) is 23.5 Å². The molecule has 0 aliphatic carbocycles. The highest BCUT2D eigenvalue weighted by Gasteiger charge is 2.32. The summed E-state index contributed by atoms with van der Waals surface area (Å²) in [5.74, 6) is -0.160. The van der Waals surface area contributed by atoms with Crippen molar-refractivity contribution < 1.29 is 14.0 Å². The van der Waals surface area contributed by atoms with Gasteiger partial charge in [-0.15, -0.1) is 0 Å². The van der Waals surface area contributed by atoms with Crippen molar-refractivity contribution in [3.8, 4) is 5.69 Å². The van der Waals surface area contributed by atoms with E-state index in [9.17, 15) is 14.0 Å². The van der Waals surface area contributed by atoms with Crippen LogP contribution in [-0.2, 0) is 4.79 Å². The number of thioether (sulfide) groups is 1. The molecule has 0 radical (unpaired) electrons. The first kappa shape index (κ1) is 20.9. The molecule has 1 aromatic heterocycles. The molecule has 2 fully saturated rings. The van der Waals surface area contributed by atoms with Crippen LogP contribution in [0.3, 0.4) is 0 Å². The van der Waals surface area contributed by atoms with Gasteiger partial charge in [0.15, 0.2) is 5.16 Å². The van der Waals surface area contributed by atoms with Gasteiger partial charge in [-0.05, 0) is 62.6 Å². The number of carbonyl (C=O) groups excluding carboxylic acids is 2. The van der Waals surface area contributed by atoms with E-state index in [0.29, 0.717) is 42.5 Å². The molecule has 2 amide bonds. The summed E-state index contributed by atoms with van der Waals surface area (Å²) < 4.78 is 15.1. The number of piperidine rings is 2. The van der Waals surface area contributed by atoms with Gasteiger partial charge < -0.3 is 9.80 Å². The third-order valence-electron chi connectivity index (χ3n) is 6.02. The summed E-state index contributed by atoms with van der Waals surface area (Å²) >= 11 is 1.44. The minimum absolute atomic E-state index is 0.0101. The first-order chi connectivity index (χ1) is 14.6. The Bertz CT molecular complexity index is 900. The monoisotopic (exact) mass is 430 g/mol. The number of halogens is 1. The number of hydrogen-bond donors (Lipinski definition) is 0. The lowest BCUT2D eigenvalue weighted by Crippen LogP contribution is -2.46. The first-order valence-corrected chi connectivity index (χ1v) is 11.8. The van der Waals surface area contributed by atoms with E-state index in [4.69, 9.17) is 0 Å². The van der Waals surface area contributed by atoms with E-state index in [1.54, 1.807) is 27.8 Å². The number of imidazole rings is 1. The van der Waals surface area contributed by atoms with Crippen LogP contribution in [0.4, 0.5) is 4.39 Å². The van der Waals surface area contributed by atoms with E-state index >= 15 is 0 Å². The maximum Gasteiger partial charge on any atom is 0.272 e. The zero-order valence-electron chi connectivity index (χ0n) is 17.2. The number of carbonyl (C=O) groups is 2. The van der Waals surface area contributed by atoms with Crippen molar-refractivity contribution in [3.05, 3.63) is 42.0 Å². The fourth-order valence-electron chi connectivity index (χ4n) is 4.33. The molecule has 0 N–H and O–H groups in total. The minimum Gasteiger partial charge on any atom is -0.342 e. The van der Waals surface area contributed by atoms with E-state index in [1.165, 1.54) is 30.3 Å². The molecule has 3 heterocycles. The molecular weight excluding hydrogens is 403 g/mol. The van der Waals surface area contributed by atoms with Gasteiger partial charge >= 0.3 is 0 Å². The average molecular weight is 431 g/mol. The van der Waals surface area contributed by atoms with Crippen molar-refractivity contribution in [2.24, 2.45) is 5.92 Å². The molecule has 8 heteroatoms. The summed E-state index contributed by atoms with van der Waals surface area (Å²) in [6.07, 6.45) is 8.26. The van der Waals surface area contributed by atoms with E-state index in [2.05, 4.69) is 4.98 Å². The lowest BCUT2D eigenvalue weighted by atomic mass is 9.94. The Kier molecular flexibility index (Phi) is 6.41. The molecule has 2 aliphatic heterocycles. The number of rotatable bonds is 4. The van der Waals surface area contributed by atoms with Gasteiger partial charge in [0, 0.05) is 37.8 Å². The van der Waals surface area contributed by atoms with Crippen LogP contribution < -0.4 is 0 Å². The molecule has 0 saturated carbocycles. The molecule has 2 saturated heterocycles. The Morgan fingerprint density at radius 3 is 2.30 bits per heavy atom. The third kappa shape index (κ3) is 4.24. The second-order valence-electron chi connectivity index (χ2n) is 7.89. The normalized spacial score (nSPS) is 17.9. The van der Waals surface area contributed by atoms with Crippen LogP contribution in [0, 0.1) is 11.7 Å². The maximum absolute atomic E-state index is 13.4. The summed E-state index contributed by atoms with van der Waals surface area (Å²) in [6.45, 7) is 2.86. The van der Waals surface area contributed by atoms with Gasteiger partial charge in [0.05, 0.1) is 6.20 Å². The summed E-state index contributed by atoms with van der Waals surface area (Å²) in [6, 6.07) is 6.06. The van der Waals surface area contributed by atoms with Crippen LogP contribution in [0.25, 0.3) is 5.69 Å². The Labute approximate surface area is 180 Å². The molecule has 0 atom stereocenters. The fraction of sp³-hybridized carbons (Fsp3) is 0.500. The standard InChI is InChI=1S/C22H27FN4O2S/c1-30-22-24-15-19(27(22)18-7-5-17(23)6-8-18)21(29)26-13-9-16(10-14-26)20(28)25-11-3-2-4-12-25/h5-8,15-16H,2-4,9-14H2,1H3. The SMILES string of the molecule is CSc1ncc(C(=O)N2CCC(C(=O)N3CCCCC3)CC2)n1-c1ccc(F)cc1. The Morgan fingerprint density at radius 2 is 1.67 bits per heavy atom. The molecule has 160 valence electrons. The van der Waals surface area contributed by atoms with E-state index in [1.807, 2.05) is 11.2 Å². The highest BCUT2D eigenvalue weighted by Crippen LogP contribution is 2.26. The second kappa shape index (κ2) is 9.20. The summed E-state index contributed by atoms with van der Waals surface area (Å²) in [7, 11) is 0. The number of hydrogen-bond acceptors (Lipinski definition) is 4. The Hall–Kier alpha value is -2.35. The zero-order chi connectivity index (χ0) is 21.1. The molecule has 4 rings (SSSR count). The fourth-order valence-corrected chi connectivity index (χ4v) is 4.88. The van der Waals surface area contributed by atoms with Gasteiger partial charge in [-0.25, -0.2) is 9.37 Å². The van der Waals surface area contributed by atoms with Crippen LogP contribution in [0.1, 0.15) is 42.6 Å². The molecule has 30 heavy (non-hydrogen) atoms. The maximum atomic E-state index is 13.4. The molecule has 0 spiro atoms. The number of likely N-dealkylation sites (tertiary alicyclic amines) is 2. The molecular formula is C22H27FN4O2S. The Morgan fingerprint density at radius 1 is 1.00 bits per heavy atom. The number of aromatic nitrogens is 2. The first-order valence-electron chi connectivity index (χ1n) is 10.5. The lowest BCUT2D eigenvalue weighted by molar-refractivity contribution is -0.137. The van der Waals surface area contributed by atoms with Crippen molar-refractivity contribution in [2.45, 2.75) is 37.3 Å². The van der Waals surface area contributed by atoms with E-state index in [0.717, 1.165) is 25.9 Å². The predicted molar refractivity (Wildman–Crippen MR) is 114 cm³/mol. The van der Waals surface area contributed by atoms with Crippen molar-refractivity contribution in [1.29, 1.82) is 0 Å². The second-order valence-corrected chi connectivity index (χ2v) is 8.67. The number of benzene rings is 1. The van der Waals surface area contributed by atoms with Crippen molar-refractivity contribution >= 4 is 23.6 Å². The molecule has 0 bridgehead atoms. The Balaban J connectivity index is 1.46. The van der Waals surface area contributed by atoms with Crippen molar-refractivity contribution in [1.82, 2.24) is 19.4 Å². The van der Waals surface area contributed by atoms with Crippen LogP contribution in [0.2, 0.25) is 0 Å². The van der Waals surface area contributed by atoms with E-state index < -0.39 is 0 Å². The smallest absolute Gasteiger partial charge is 0.272 e. The molecule has 0 unspecified atom stereocenters. The quantitative estimate of drug-likeness (QED) is 0.696. The van der Waals surface area contributed by atoms with Crippen LogP contribution >= 0.6 is 11.8 Å². The average Bonchev–Trinajstić information content (AvgIpc) is 3.23. The van der Waals surface area contributed by atoms with Gasteiger partial charge in [0.25, 0.3) is 5.91 Å². The third-order valence-corrected chi connectivity index (χ3v) is 6.67. The topological polar surface area (TPSA) is 58.4 Å². The number of nitrogens with zero attached hydrogens (tertiary/aromatic N) is 4. The van der Waals surface area contributed by atoms with Crippen molar-refractivity contribution in [2.75, 3.05) is 32.4 Å². The van der Waals surface area contributed by atoms with Gasteiger partial charge in [0.2, 0.25) is 5.91 Å². The van der Waals surface area contributed by atoms with Gasteiger partial charge in [-0.3, -0.25) is 14.2 Å². The van der Waals surface area contributed by atoms with Crippen LogP contribution in [0.15, 0.2) is 35.6 Å². The van der Waals surface area contributed by atoms with Crippen LogP contribution in [0.5, 0.6) is 0 Å². The highest BCUT2D eigenvalue weighted by molar-refractivity contribution is 7.98. The lowest BCUT2D eigenvalue weighted by Gasteiger charge is -2.35. The van der Waals surface area contributed by atoms with Gasteiger partial charge in [-0.2, -0.15) is 0 Å².